The zero-order valence-electron chi connectivity index (χ0n) is 13.3. The number of anilines is 1. The molecule has 116 valence electrons. The van der Waals surface area contributed by atoms with Gasteiger partial charge in [0.25, 0.3) is 0 Å². The predicted molar refractivity (Wildman–Crippen MR) is 97.7 cm³/mol. The summed E-state index contributed by atoms with van der Waals surface area (Å²) in [5, 5.41) is 12.7. The average molecular weight is 312 g/mol. The second kappa shape index (κ2) is 6.76. The molecule has 0 aliphatic rings. The van der Waals surface area contributed by atoms with Crippen molar-refractivity contribution >= 4 is 12.4 Å². The Morgan fingerprint density at radius 2 is 1.83 bits per heavy atom. The van der Waals surface area contributed by atoms with Crippen LogP contribution in [0.2, 0.25) is 0 Å². The van der Waals surface area contributed by atoms with Crippen LogP contribution in [-0.2, 0) is 0 Å². The summed E-state index contributed by atoms with van der Waals surface area (Å²) >= 11 is 0. The third-order valence-corrected chi connectivity index (χ3v) is 3.83. The van der Waals surface area contributed by atoms with E-state index in [4.69, 9.17) is 5.26 Å². The van der Waals surface area contributed by atoms with Crippen molar-refractivity contribution in [3.05, 3.63) is 71.9 Å². The summed E-state index contributed by atoms with van der Waals surface area (Å²) in [4.78, 5) is 4.54. The molecule has 0 amide bonds. The minimum Gasteiger partial charge on any atom is -0.279 e. The van der Waals surface area contributed by atoms with E-state index in [1.807, 2.05) is 55.5 Å². The van der Waals surface area contributed by atoms with Crippen LogP contribution in [-0.4, -0.2) is 11.7 Å². The van der Waals surface area contributed by atoms with Gasteiger partial charge < -0.3 is 0 Å². The van der Waals surface area contributed by atoms with Gasteiger partial charge in [0.1, 0.15) is 0 Å². The number of rotatable bonds is 4. The first-order chi connectivity index (χ1) is 11.7. The van der Waals surface area contributed by atoms with Gasteiger partial charge in [0.15, 0.2) is 0 Å². The molecular weight excluding hydrogens is 296 g/mol. The Kier molecular flexibility index (Phi) is 4.35. The predicted octanol–water partition coefficient (Wildman–Crippen LogP) is 4.62. The molecule has 0 fully saturated rings. The quantitative estimate of drug-likeness (QED) is 0.564. The number of nitriles is 1. The van der Waals surface area contributed by atoms with Crippen LogP contribution >= 0.6 is 0 Å². The van der Waals surface area contributed by atoms with Crippen molar-refractivity contribution in [1.82, 2.24) is 4.98 Å². The Morgan fingerprint density at radius 1 is 1.08 bits per heavy atom. The third-order valence-electron chi connectivity index (χ3n) is 3.83. The van der Waals surface area contributed by atoms with Gasteiger partial charge >= 0.3 is 0 Å². The topological polar surface area (TPSA) is 61.1 Å². The molecule has 2 aromatic carbocycles. The van der Waals surface area contributed by atoms with Gasteiger partial charge in [-0.05, 0) is 48.4 Å². The van der Waals surface area contributed by atoms with Gasteiger partial charge in [-0.1, -0.05) is 24.3 Å². The standard InChI is InChI=1S/C20H16N4/c1-14-12-17(9-10-19(14)24-22-2)18-4-3-11-23-20(18)16-7-5-15(13-21)6-8-16/h3-12,24H,2H2,1H3. The lowest BCUT2D eigenvalue weighted by molar-refractivity contribution is 1.30. The molecule has 4 nitrogen and oxygen atoms in total. The zero-order valence-corrected chi connectivity index (χ0v) is 13.3. The SMILES string of the molecule is C=NNc1ccc(-c2cccnc2-c2ccc(C#N)cc2)cc1C. The molecule has 0 unspecified atom stereocenters. The lowest BCUT2D eigenvalue weighted by Gasteiger charge is -2.11. The number of pyridine rings is 1. The molecule has 0 radical (unpaired) electrons. The minimum absolute atomic E-state index is 0.638. The highest BCUT2D eigenvalue weighted by atomic mass is 15.3. The smallest absolute Gasteiger partial charge is 0.0991 e. The summed E-state index contributed by atoms with van der Waals surface area (Å²) in [7, 11) is 0. The molecule has 24 heavy (non-hydrogen) atoms. The summed E-state index contributed by atoms with van der Waals surface area (Å²) in [5.74, 6) is 0. The van der Waals surface area contributed by atoms with Gasteiger partial charge in [-0.2, -0.15) is 10.4 Å². The van der Waals surface area contributed by atoms with Gasteiger partial charge in [-0.15, -0.1) is 0 Å². The summed E-state index contributed by atoms with van der Waals surface area (Å²) < 4.78 is 0. The molecule has 0 spiro atoms. The summed E-state index contributed by atoms with van der Waals surface area (Å²) in [6.07, 6.45) is 1.78. The first kappa shape index (κ1) is 15.4. The van der Waals surface area contributed by atoms with Crippen LogP contribution in [0.15, 0.2) is 65.9 Å². The molecule has 3 aromatic rings. The van der Waals surface area contributed by atoms with Gasteiger partial charge in [0.05, 0.1) is 23.0 Å². The van der Waals surface area contributed by atoms with Crippen molar-refractivity contribution in [2.24, 2.45) is 5.10 Å². The van der Waals surface area contributed by atoms with Gasteiger partial charge in [0.2, 0.25) is 0 Å². The highest BCUT2D eigenvalue weighted by Crippen LogP contribution is 2.32. The highest BCUT2D eigenvalue weighted by molar-refractivity contribution is 5.82. The molecule has 1 heterocycles. The fourth-order valence-electron chi connectivity index (χ4n) is 2.61. The number of hydrogen-bond donors (Lipinski definition) is 1. The first-order valence-corrected chi connectivity index (χ1v) is 7.51. The third kappa shape index (κ3) is 3.01. The fraction of sp³-hybridized carbons (Fsp3) is 0.0500. The minimum atomic E-state index is 0.638. The highest BCUT2D eigenvalue weighted by Gasteiger charge is 2.10. The van der Waals surface area contributed by atoms with Crippen LogP contribution in [0.3, 0.4) is 0 Å². The number of aromatic nitrogens is 1. The lowest BCUT2D eigenvalue weighted by atomic mass is 9.97. The van der Waals surface area contributed by atoms with E-state index < -0.39 is 0 Å². The second-order valence-electron chi connectivity index (χ2n) is 5.39. The molecule has 1 aromatic heterocycles. The van der Waals surface area contributed by atoms with Crippen molar-refractivity contribution in [2.45, 2.75) is 6.92 Å². The van der Waals surface area contributed by atoms with Crippen LogP contribution in [0.5, 0.6) is 0 Å². The van der Waals surface area contributed by atoms with E-state index in [1.54, 1.807) is 6.20 Å². The van der Waals surface area contributed by atoms with Crippen LogP contribution < -0.4 is 5.43 Å². The Morgan fingerprint density at radius 3 is 2.50 bits per heavy atom. The maximum Gasteiger partial charge on any atom is 0.0991 e. The number of hydrazone groups is 1. The second-order valence-corrected chi connectivity index (χ2v) is 5.39. The van der Waals surface area contributed by atoms with Crippen LogP contribution in [0.1, 0.15) is 11.1 Å². The maximum atomic E-state index is 8.95. The molecule has 0 bridgehead atoms. The van der Waals surface area contributed by atoms with Crippen LogP contribution in [0.4, 0.5) is 5.69 Å². The van der Waals surface area contributed by atoms with E-state index in [-0.39, 0.29) is 0 Å². The van der Waals surface area contributed by atoms with Crippen LogP contribution in [0, 0.1) is 18.3 Å². The lowest BCUT2D eigenvalue weighted by Crippen LogP contribution is -1.93. The van der Waals surface area contributed by atoms with Gasteiger partial charge in [0, 0.05) is 24.0 Å². The Balaban J connectivity index is 2.07. The molecule has 0 saturated carbocycles. The van der Waals surface area contributed by atoms with Crippen molar-refractivity contribution in [3.8, 4) is 28.5 Å². The Bertz CT molecular complexity index is 921. The average Bonchev–Trinajstić information content (AvgIpc) is 2.64. The van der Waals surface area contributed by atoms with E-state index >= 15 is 0 Å². The fourth-order valence-corrected chi connectivity index (χ4v) is 2.61. The molecule has 0 atom stereocenters. The molecule has 1 N–H and O–H groups in total. The van der Waals surface area contributed by atoms with Crippen molar-refractivity contribution in [3.63, 3.8) is 0 Å². The molecule has 0 saturated heterocycles. The summed E-state index contributed by atoms with van der Waals surface area (Å²) in [5.41, 5.74) is 9.53. The zero-order chi connectivity index (χ0) is 16.9. The van der Waals surface area contributed by atoms with E-state index in [1.165, 1.54) is 0 Å². The molecule has 0 aliphatic carbocycles. The maximum absolute atomic E-state index is 8.95. The molecule has 4 heteroatoms. The number of benzene rings is 2. The monoisotopic (exact) mass is 312 g/mol. The summed E-state index contributed by atoms with van der Waals surface area (Å²) in [6.45, 7) is 5.47. The van der Waals surface area contributed by atoms with Crippen molar-refractivity contribution in [2.75, 3.05) is 5.43 Å². The van der Waals surface area contributed by atoms with Crippen LogP contribution in [0.25, 0.3) is 22.4 Å². The van der Waals surface area contributed by atoms with E-state index in [9.17, 15) is 0 Å². The number of nitrogens with zero attached hydrogens (tertiary/aromatic N) is 3. The first-order valence-electron chi connectivity index (χ1n) is 7.51. The van der Waals surface area contributed by atoms with E-state index in [2.05, 4.69) is 34.4 Å². The van der Waals surface area contributed by atoms with E-state index in [0.717, 1.165) is 33.6 Å². The summed E-state index contributed by atoms with van der Waals surface area (Å²) in [6, 6.07) is 19.7. The van der Waals surface area contributed by atoms with Crippen molar-refractivity contribution < 1.29 is 0 Å². The number of hydrogen-bond acceptors (Lipinski definition) is 4. The van der Waals surface area contributed by atoms with E-state index in [0.29, 0.717) is 5.56 Å². The largest absolute Gasteiger partial charge is 0.279 e. The molecule has 3 rings (SSSR count). The van der Waals surface area contributed by atoms with Gasteiger partial charge in [-0.3, -0.25) is 10.4 Å². The number of nitrogens with one attached hydrogen (secondary N) is 1. The Hall–Kier alpha value is -3.45. The number of aryl methyl sites for hydroxylation is 1. The molecule has 0 aliphatic heterocycles. The molecular formula is C20H16N4. The Labute approximate surface area is 141 Å². The normalized spacial score (nSPS) is 10.0. The van der Waals surface area contributed by atoms with Crippen molar-refractivity contribution in [1.29, 1.82) is 5.26 Å². The van der Waals surface area contributed by atoms with Gasteiger partial charge in [-0.25, -0.2) is 0 Å².